The number of anilines is 1. The van der Waals surface area contributed by atoms with Crippen LogP contribution in [0.3, 0.4) is 0 Å². The molecule has 2 aromatic rings. The van der Waals surface area contributed by atoms with Gasteiger partial charge in [-0.1, -0.05) is 36.4 Å². The summed E-state index contributed by atoms with van der Waals surface area (Å²) in [5.41, 5.74) is 4.14. The van der Waals surface area contributed by atoms with Crippen LogP contribution >= 0.6 is 12.6 Å². The number of carbonyl (C=O) groups excluding carboxylic acids is 1. The van der Waals surface area contributed by atoms with E-state index in [9.17, 15) is 4.79 Å². The van der Waals surface area contributed by atoms with Crippen molar-refractivity contribution in [1.82, 2.24) is 0 Å². The Morgan fingerprint density at radius 3 is 2.45 bits per heavy atom. The van der Waals surface area contributed by atoms with Gasteiger partial charge >= 0.3 is 0 Å². The van der Waals surface area contributed by atoms with E-state index in [4.69, 9.17) is 0 Å². The molecule has 0 radical (unpaired) electrons. The molecule has 0 aliphatic carbocycles. The molecule has 0 fully saturated rings. The molecule has 0 aliphatic heterocycles. The van der Waals surface area contributed by atoms with E-state index in [1.165, 1.54) is 6.92 Å². The summed E-state index contributed by atoms with van der Waals surface area (Å²) in [4.78, 5) is 12.0. The van der Waals surface area contributed by atoms with Gasteiger partial charge in [0.05, 0.1) is 0 Å². The molecule has 1 N–H and O–H groups in total. The Kier molecular flexibility index (Phi) is 4.64. The molecular formula is C17H17NOS. The molecule has 0 unspecified atom stereocenters. The molecule has 0 heterocycles. The minimum atomic E-state index is -0.0586. The third kappa shape index (κ3) is 3.75. The summed E-state index contributed by atoms with van der Waals surface area (Å²) in [5.74, 6) is -0.0586. The zero-order chi connectivity index (χ0) is 14.5. The van der Waals surface area contributed by atoms with Gasteiger partial charge < -0.3 is 5.32 Å². The van der Waals surface area contributed by atoms with Gasteiger partial charge in [0.2, 0.25) is 5.91 Å². The summed E-state index contributed by atoms with van der Waals surface area (Å²) in [6.07, 6.45) is 4.10. The van der Waals surface area contributed by atoms with Crippen LogP contribution in [0.15, 0.2) is 47.4 Å². The molecule has 3 heteroatoms. The van der Waals surface area contributed by atoms with Crippen LogP contribution in [0.25, 0.3) is 12.2 Å². The number of aryl methyl sites for hydroxylation is 1. The number of hydrogen-bond donors (Lipinski definition) is 2. The van der Waals surface area contributed by atoms with Gasteiger partial charge in [0.15, 0.2) is 0 Å². The van der Waals surface area contributed by atoms with E-state index < -0.39 is 0 Å². The lowest BCUT2D eigenvalue weighted by Crippen LogP contribution is -2.05. The first-order chi connectivity index (χ1) is 9.56. The summed E-state index contributed by atoms with van der Waals surface area (Å²) in [5, 5.41) is 2.78. The average molecular weight is 283 g/mol. The minimum Gasteiger partial charge on any atom is -0.326 e. The number of carbonyl (C=O) groups is 1. The molecule has 1 amide bonds. The number of hydrogen-bond acceptors (Lipinski definition) is 2. The fourth-order valence-electron chi connectivity index (χ4n) is 1.95. The van der Waals surface area contributed by atoms with Gasteiger partial charge in [0.1, 0.15) is 0 Å². The Hall–Kier alpha value is -2.00. The van der Waals surface area contributed by atoms with E-state index in [-0.39, 0.29) is 5.91 Å². The summed E-state index contributed by atoms with van der Waals surface area (Å²) in [6, 6.07) is 13.8. The van der Waals surface area contributed by atoms with Crippen molar-refractivity contribution in [2.75, 3.05) is 5.32 Å². The third-order valence-corrected chi connectivity index (χ3v) is 3.38. The number of amides is 1. The Morgan fingerprint density at radius 1 is 1.10 bits per heavy atom. The highest BCUT2D eigenvalue weighted by Crippen LogP contribution is 2.20. The van der Waals surface area contributed by atoms with Crippen molar-refractivity contribution in [1.29, 1.82) is 0 Å². The van der Waals surface area contributed by atoms with Crippen molar-refractivity contribution in [2.24, 2.45) is 0 Å². The molecule has 0 saturated heterocycles. The second-order valence-electron chi connectivity index (χ2n) is 4.64. The largest absolute Gasteiger partial charge is 0.326 e. The van der Waals surface area contributed by atoms with E-state index in [1.807, 2.05) is 55.5 Å². The molecule has 0 aliphatic rings. The van der Waals surface area contributed by atoms with Gasteiger partial charge in [-0.25, -0.2) is 0 Å². The molecule has 102 valence electrons. The maximum Gasteiger partial charge on any atom is 0.221 e. The topological polar surface area (TPSA) is 29.1 Å². The lowest BCUT2D eigenvalue weighted by atomic mass is 10.1. The Bertz CT molecular complexity index is 662. The van der Waals surface area contributed by atoms with Crippen LogP contribution in [0.4, 0.5) is 5.69 Å². The van der Waals surface area contributed by atoms with Crippen molar-refractivity contribution >= 4 is 36.4 Å². The Morgan fingerprint density at radius 2 is 1.80 bits per heavy atom. The molecule has 0 atom stereocenters. The first kappa shape index (κ1) is 14.4. The standard InChI is InChI=1S/C17H17NOS/c1-12-11-16(18-13(2)19)10-9-14(12)7-8-15-5-3-4-6-17(15)20/h3-11,20H,1-2H3,(H,18,19)/b8-7+. The molecule has 2 nitrogen and oxygen atoms in total. The fourth-order valence-corrected chi connectivity index (χ4v) is 2.19. The normalized spacial score (nSPS) is 10.8. The Labute approximate surface area is 124 Å². The number of thiol groups is 1. The third-order valence-electron chi connectivity index (χ3n) is 2.97. The number of nitrogens with one attached hydrogen (secondary N) is 1. The van der Waals surface area contributed by atoms with E-state index >= 15 is 0 Å². The zero-order valence-corrected chi connectivity index (χ0v) is 12.4. The lowest BCUT2D eigenvalue weighted by molar-refractivity contribution is -0.114. The van der Waals surface area contributed by atoms with Gasteiger partial charge in [0.25, 0.3) is 0 Å². The maximum atomic E-state index is 11.0. The van der Waals surface area contributed by atoms with Gasteiger partial charge in [-0.2, -0.15) is 0 Å². The predicted molar refractivity (Wildman–Crippen MR) is 88.1 cm³/mol. The first-order valence-electron chi connectivity index (χ1n) is 6.40. The van der Waals surface area contributed by atoms with E-state index in [1.54, 1.807) is 0 Å². The molecule has 20 heavy (non-hydrogen) atoms. The maximum absolute atomic E-state index is 11.0. The van der Waals surface area contributed by atoms with Crippen LogP contribution in [-0.4, -0.2) is 5.91 Å². The number of benzene rings is 2. The lowest BCUT2D eigenvalue weighted by Gasteiger charge is -2.06. The smallest absolute Gasteiger partial charge is 0.221 e. The van der Waals surface area contributed by atoms with Crippen molar-refractivity contribution in [3.05, 3.63) is 59.2 Å². The van der Waals surface area contributed by atoms with Crippen LogP contribution in [-0.2, 0) is 4.79 Å². The highest BCUT2D eigenvalue weighted by atomic mass is 32.1. The summed E-state index contributed by atoms with van der Waals surface area (Å²) in [7, 11) is 0. The molecular weight excluding hydrogens is 266 g/mol. The van der Waals surface area contributed by atoms with E-state index in [0.717, 1.165) is 27.3 Å². The molecule has 0 spiro atoms. The molecule has 2 aromatic carbocycles. The summed E-state index contributed by atoms with van der Waals surface area (Å²) < 4.78 is 0. The quantitative estimate of drug-likeness (QED) is 0.634. The van der Waals surface area contributed by atoms with Crippen LogP contribution in [0, 0.1) is 6.92 Å². The highest BCUT2D eigenvalue weighted by Gasteiger charge is 1.99. The zero-order valence-electron chi connectivity index (χ0n) is 11.6. The molecule has 0 aromatic heterocycles. The van der Waals surface area contributed by atoms with Gasteiger partial charge in [-0.15, -0.1) is 12.6 Å². The van der Waals surface area contributed by atoms with Crippen LogP contribution in [0.1, 0.15) is 23.6 Å². The molecule has 0 bridgehead atoms. The molecule has 2 rings (SSSR count). The molecule has 0 saturated carbocycles. The average Bonchev–Trinajstić information content (AvgIpc) is 2.39. The van der Waals surface area contributed by atoms with Crippen LogP contribution in [0.5, 0.6) is 0 Å². The van der Waals surface area contributed by atoms with Gasteiger partial charge in [-0.3, -0.25) is 4.79 Å². The van der Waals surface area contributed by atoms with Gasteiger partial charge in [0, 0.05) is 17.5 Å². The van der Waals surface area contributed by atoms with Crippen LogP contribution < -0.4 is 5.32 Å². The predicted octanol–water partition coefficient (Wildman–Crippen LogP) is 4.41. The minimum absolute atomic E-state index is 0.0586. The monoisotopic (exact) mass is 283 g/mol. The highest BCUT2D eigenvalue weighted by molar-refractivity contribution is 7.80. The van der Waals surface area contributed by atoms with Gasteiger partial charge in [-0.05, 0) is 41.8 Å². The first-order valence-corrected chi connectivity index (χ1v) is 6.85. The van der Waals surface area contributed by atoms with Crippen molar-refractivity contribution in [2.45, 2.75) is 18.7 Å². The van der Waals surface area contributed by atoms with E-state index in [2.05, 4.69) is 24.0 Å². The SMILES string of the molecule is CC(=O)Nc1ccc(/C=C/c2ccccc2S)c(C)c1. The second kappa shape index (κ2) is 6.44. The van der Waals surface area contributed by atoms with Crippen LogP contribution in [0.2, 0.25) is 0 Å². The van der Waals surface area contributed by atoms with Crippen molar-refractivity contribution in [3.8, 4) is 0 Å². The second-order valence-corrected chi connectivity index (χ2v) is 5.13. The van der Waals surface area contributed by atoms with Crippen molar-refractivity contribution < 1.29 is 4.79 Å². The summed E-state index contributed by atoms with van der Waals surface area (Å²) in [6.45, 7) is 3.53. The fraction of sp³-hybridized carbons (Fsp3) is 0.118. The summed E-state index contributed by atoms with van der Waals surface area (Å²) >= 11 is 4.43. The van der Waals surface area contributed by atoms with E-state index in [0.29, 0.717) is 0 Å². The van der Waals surface area contributed by atoms with Crippen molar-refractivity contribution in [3.63, 3.8) is 0 Å². The number of rotatable bonds is 3. The Balaban J connectivity index is 2.22.